The van der Waals surface area contributed by atoms with Crippen LogP contribution in [-0.2, 0) is 13.1 Å². The molecular formula is C15H19BrN4O. The smallest absolute Gasteiger partial charge is 0.123 e. The van der Waals surface area contributed by atoms with E-state index in [1.807, 2.05) is 36.0 Å². The molecule has 112 valence electrons. The standard InChI is InChI=1S/C15H19BrN4O/c1-11-2-3-12(16)8-15(11)21-7-6-20-10-14(18-19-20)9-17-13-4-5-13/h2-3,8,10,13,17H,4-7,9H2,1H3. The second-order valence-corrected chi connectivity index (χ2v) is 6.30. The fourth-order valence-electron chi connectivity index (χ4n) is 2.04. The minimum absolute atomic E-state index is 0.580. The molecule has 21 heavy (non-hydrogen) atoms. The molecule has 0 spiro atoms. The van der Waals surface area contributed by atoms with Crippen molar-refractivity contribution in [3.8, 4) is 5.75 Å². The second kappa shape index (κ2) is 6.58. The Morgan fingerprint density at radius 2 is 2.29 bits per heavy atom. The topological polar surface area (TPSA) is 52.0 Å². The third kappa shape index (κ3) is 4.28. The van der Waals surface area contributed by atoms with Crippen LogP contribution in [0.25, 0.3) is 0 Å². The van der Waals surface area contributed by atoms with Gasteiger partial charge in [0.1, 0.15) is 12.4 Å². The van der Waals surface area contributed by atoms with Gasteiger partial charge < -0.3 is 10.1 Å². The maximum Gasteiger partial charge on any atom is 0.123 e. The summed E-state index contributed by atoms with van der Waals surface area (Å²) in [5.74, 6) is 0.903. The Balaban J connectivity index is 1.47. The SMILES string of the molecule is Cc1ccc(Br)cc1OCCn1cc(CNC2CC2)nn1. The molecule has 5 nitrogen and oxygen atoms in total. The van der Waals surface area contributed by atoms with E-state index in [2.05, 4.69) is 31.6 Å². The zero-order chi connectivity index (χ0) is 14.7. The summed E-state index contributed by atoms with van der Waals surface area (Å²) in [6.45, 7) is 4.12. The van der Waals surface area contributed by atoms with Gasteiger partial charge in [0, 0.05) is 23.3 Å². The molecular weight excluding hydrogens is 332 g/mol. The van der Waals surface area contributed by atoms with E-state index in [4.69, 9.17) is 4.74 Å². The van der Waals surface area contributed by atoms with Crippen LogP contribution in [-0.4, -0.2) is 27.6 Å². The lowest BCUT2D eigenvalue weighted by atomic mass is 10.2. The summed E-state index contributed by atoms with van der Waals surface area (Å²) in [5, 5.41) is 11.7. The number of ether oxygens (including phenoxy) is 1. The van der Waals surface area contributed by atoms with Crippen LogP contribution >= 0.6 is 15.9 Å². The Bertz CT molecular complexity index is 609. The van der Waals surface area contributed by atoms with Gasteiger partial charge in [0.2, 0.25) is 0 Å². The molecule has 0 unspecified atom stereocenters. The predicted octanol–water partition coefficient (Wildman–Crippen LogP) is 2.68. The van der Waals surface area contributed by atoms with E-state index in [9.17, 15) is 0 Å². The fourth-order valence-corrected chi connectivity index (χ4v) is 2.38. The van der Waals surface area contributed by atoms with E-state index >= 15 is 0 Å². The Morgan fingerprint density at radius 1 is 1.43 bits per heavy atom. The van der Waals surface area contributed by atoms with Crippen molar-refractivity contribution in [2.24, 2.45) is 0 Å². The average Bonchev–Trinajstić information content (AvgIpc) is 3.20. The lowest BCUT2D eigenvalue weighted by Crippen LogP contribution is -2.15. The van der Waals surface area contributed by atoms with Gasteiger partial charge in [-0.1, -0.05) is 27.2 Å². The van der Waals surface area contributed by atoms with Gasteiger partial charge in [-0.3, -0.25) is 0 Å². The van der Waals surface area contributed by atoms with Gasteiger partial charge in [-0.15, -0.1) is 5.10 Å². The first kappa shape index (κ1) is 14.5. The summed E-state index contributed by atoms with van der Waals surface area (Å²) in [5.41, 5.74) is 2.12. The predicted molar refractivity (Wildman–Crippen MR) is 84.3 cm³/mol. The highest BCUT2D eigenvalue weighted by Crippen LogP contribution is 2.22. The molecule has 0 saturated heterocycles. The largest absolute Gasteiger partial charge is 0.491 e. The summed E-state index contributed by atoms with van der Waals surface area (Å²) >= 11 is 3.46. The third-order valence-electron chi connectivity index (χ3n) is 3.46. The molecule has 3 rings (SSSR count). The lowest BCUT2D eigenvalue weighted by Gasteiger charge is -2.09. The maximum atomic E-state index is 5.80. The first-order chi connectivity index (χ1) is 10.2. The van der Waals surface area contributed by atoms with E-state index in [1.165, 1.54) is 12.8 Å². The van der Waals surface area contributed by atoms with E-state index in [0.29, 0.717) is 19.2 Å². The molecule has 1 heterocycles. The van der Waals surface area contributed by atoms with Gasteiger partial charge in [-0.05, 0) is 37.5 Å². The number of halogens is 1. The molecule has 0 radical (unpaired) electrons. The normalized spacial score (nSPS) is 14.4. The molecule has 1 aromatic carbocycles. The molecule has 1 saturated carbocycles. The molecule has 0 amide bonds. The Kier molecular flexibility index (Phi) is 4.55. The quantitative estimate of drug-likeness (QED) is 0.833. The summed E-state index contributed by atoms with van der Waals surface area (Å²) in [7, 11) is 0. The van der Waals surface area contributed by atoms with Gasteiger partial charge in [-0.2, -0.15) is 0 Å². The van der Waals surface area contributed by atoms with Gasteiger partial charge in [0.25, 0.3) is 0 Å². The molecule has 0 bridgehead atoms. The van der Waals surface area contributed by atoms with Crippen LogP contribution in [0.15, 0.2) is 28.9 Å². The number of hydrogen-bond donors (Lipinski definition) is 1. The van der Waals surface area contributed by atoms with Crippen LogP contribution in [0.1, 0.15) is 24.1 Å². The molecule has 1 N–H and O–H groups in total. The van der Waals surface area contributed by atoms with E-state index in [0.717, 1.165) is 28.0 Å². The van der Waals surface area contributed by atoms with Crippen LogP contribution < -0.4 is 10.1 Å². The van der Waals surface area contributed by atoms with Crippen molar-refractivity contribution in [2.75, 3.05) is 6.61 Å². The van der Waals surface area contributed by atoms with Crippen molar-refractivity contribution in [2.45, 2.75) is 38.9 Å². The average molecular weight is 351 g/mol. The number of rotatable bonds is 7. The molecule has 2 aromatic rings. The number of aryl methyl sites for hydroxylation is 1. The zero-order valence-electron chi connectivity index (χ0n) is 12.1. The monoisotopic (exact) mass is 350 g/mol. The highest BCUT2D eigenvalue weighted by molar-refractivity contribution is 9.10. The van der Waals surface area contributed by atoms with Crippen molar-refractivity contribution >= 4 is 15.9 Å². The van der Waals surface area contributed by atoms with Crippen LogP contribution in [0.2, 0.25) is 0 Å². The number of nitrogens with one attached hydrogen (secondary N) is 1. The van der Waals surface area contributed by atoms with Crippen LogP contribution in [0, 0.1) is 6.92 Å². The van der Waals surface area contributed by atoms with Crippen molar-refractivity contribution in [1.29, 1.82) is 0 Å². The molecule has 0 aliphatic heterocycles. The van der Waals surface area contributed by atoms with Crippen LogP contribution in [0.5, 0.6) is 5.75 Å². The summed E-state index contributed by atoms with van der Waals surface area (Å²) < 4.78 is 8.66. The molecule has 0 atom stereocenters. The zero-order valence-corrected chi connectivity index (χ0v) is 13.6. The molecule has 1 fully saturated rings. The second-order valence-electron chi connectivity index (χ2n) is 5.39. The highest BCUT2D eigenvalue weighted by Gasteiger charge is 2.20. The number of nitrogens with zero attached hydrogens (tertiary/aromatic N) is 3. The Labute approximate surface area is 132 Å². The minimum Gasteiger partial charge on any atom is -0.491 e. The number of aromatic nitrogens is 3. The highest BCUT2D eigenvalue weighted by atomic mass is 79.9. The number of hydrogen-bond acceptors (Lipinski definition) is 4. The summed E-state index contributed by atoms with van der Waals surface area (Å²) in [6, 6.07) is 6.73. The first-order valence-electron chi connectivity index (χ1n) is 7.22. The first-order valence-corrected chi connectivity index (χ1v) is 8.01. The van der Waals surface area contributed by atoms with Crippen LogP contribution in [0.4, 0.5) is 0 Å². The Hall–Kier alpha value is -1.40. The van der Waals surface area contributed by atoms with Crippen molar-refractivity contribution in [3.63, 3.8) is 0 Å². The van der Waals surface area contributed by atoms with Gasteiger partial charge >= 0.3 is 0 Å². The molecule has 1 aromatic heterocycles. The molecule has 1 aliphatic rings. The van der Waals surface area contributed by atoms with E-state index < -0.39 is 0 Å². The van der Waals surface area contributed by atoms with Crippen molar-refractivity contribution in [3.05, 3.63) is 40.1 Å². The molecule has 1 aliphatic carbocycles. The van der Waals surface area contributed by atoms with Gasteiger partial charge in [-0.25, -0.2) is 4.68 Å². The van der Waals surface area contributed by atoms with Crippen molar-refractivity contribution < 1.29 is 4.74 Å². The van der Waals surface area contributed by atoms with Crippen LogP contribution in [0.3, 0.4) is 0 Å². The Morgan fingerprint density at radius 3 is 3.10 bits per heavy atom. The third-order valence-corrected chi connectivity index (χ3v) is 3.96. The maximum absolute atomic E-state index is 5.80. The van der Waals surface area contributed by atoms with Gasteiger partial charge in [0.05, 0.1) is 12.2 Å². The van der Waals surface area contributed by atoms with Crippen molar-refractivity contribution in [1.82, 2.24) is 20.3 Å². The minimum atomic E-state index is 0.580. The summed E-state index contributed by atoms with van der Waals surface area (Å²) in [4.78, 5) is 0. The summed E-state index contributed by atoms with van der Waals surface area (Å²) in [6.07, 6.45) is 4.55. The lowest BCUT2D eigenvalue weighted by molar-refractivity contribution is 0.288. The van der Waals surface area contributed by atoms with E-state index in [1.54, 1.807) is 0 Å². The van der Waals surface area contributed by atoms with Gasteiger partial charge in [0.15, 0.2) is 0 Å². The molecule has 6 heteroatoms. The van der Waals surface area contributed by atoms with E-state index in [-0.39, 0.29) is 0 Å². The number of benzene rings is 1. The fraction of sp³-hybridized carbons (Fsp3) is 0.467.